The minimum absolute atomic E-state index is 0.247. The molecule has 1 aliphatic rings. The molecule has 0 aromatic heterocycles. The van der Waals surface area contributed by atoms with Gasteiger partial charge >= 0.3 is 0 Å². The zero-order valence-corrected chi connectivity index (χ0v) is 12.8. The zero-order valence-electron chi connectivity index (χ0n) is 12.1. The number of halogens is 1. The van der Waals surface area contributed by atoms with Crippen LogP contribution in [0.4, 0.5) is 0 Å². The summed E-state index contributed by atoms with van der Waals surface area (Å²) in [4.78, 5) is 0. The molecule has 3 heteroatoms. The van der Waals surface area contributed by atoms with Crippen LogP contribution < -0.4 is 5.32 Å². The molecule has 1 saturated carbocycles. The van der Waals surface area contributed by atoms with Crippen molar-refractivity contribution in [2.24, 2.45) is 5.41 Å². The summed E-state index contributed by atoms with van der Waals surface area (Å²) in [6, 6.07) is 8.49. The zero-order chi connectivity index (χ0) is 13.9. The van der Waals surface area contributed by atoms with Gasteiger partial charge in [0.05, 0.1) is 12.7 Å². The normalized spacial score (nSPS) is 30.1. The number of hydrogen-bond donors (Lipinski definition) is 1. The molecule has 1 N–H and O–H groups in total. The lowest BCUT2D eigenvalue weighted by molar-refractivity contribution is -0.135. The van der Waals surface area contributed by atoms with Gasteiger partial charge in [0.1, 0.15) is 0 Å². The molecule has 1 aromatic carbocycles. The number of ether oxygens (including phenoxy) is 1. The number of benzene rings is 1. The maximum atomic E-state index is 6.16. The van der Waals surface area contributed by atoms with E-state index in [9.17, 15) is 0 Å². The van der Waals surface area contributed by atoms with Crippen molar-refractivity contribution in [3.63, 3.8) is 0 Å². The van der Waals surface area contributed by atoms with Gasteiger partial charge in [-0.3, -0.25) is 0 Å². The first-order valence-corrected chi connectivity index (χ1v) is 7.58. The van der Waals surface area contributed by atoms with Crippen LogP contribution in [0.1, 0.15) is 39.2 Å². The van der Waals surface area contributed by atoms with Crippen LogP contribution in [0.15, 0.2) is 24.3 Å². The molecule has 2 rings (SSSR count). The second kappa shape index (κ2) is 6.25. The van der Waals surface area contributed by atoms with Crippen molar-refractivity contribution in [1.82, 2.24) is 5.32 Å². The first-order chi connectivity index (χ1) is 9.11. The minimum atomic E-state index is 0.247. The standard InChI is InChI=1S/C16H24ClNO/c1-4-16(3)14(18-5-2)10-15(16)19-11-12-8-6-7-9-13(12)17/h6-9,14-15,18H,4-5,10-11H2,1-3H3. The van der Waals surface area contributed by atoms with Crippen LogP contribution in [-0.2, 0) is 11.3 Å². The van der Waals surface area contributed by atoms with E-state index < -0.39 is 0 Å². The van der Waals surface area contributed by atoms with Crippen LogP contribution in [-0.4, -0.2) is 18.7 Å². The second-order valence-corrected chi connectivity index (χ2v) is 6.00. The van der Waals surface area contributed by atoms with Crippen molar-refractivity contribution in [1.29, 1.82) is 0 Å². The summed E-state index contributed by atoms with van der Waals surface area (Å²) in [5.41, 5.74) is 1.33. The van der Waals surface area contributed by atoms with Crippen molar-refractivity contribution < 1.29 is 4.74 Å². The summed E-state index contributed by atoms with van der Waals surface area (Å²) in [5.74, 6) is 0. The highest BCUT2D eigenvalue weighted by atomic mass is 35.5. The SMILES string of the molecule is CCNC1CC(OCc2ccccc2Cl)C1(C)CC. The van der Waals surface area contributed by atoms with Gasteiger partial charge in [0.2, 0.25) is 0 Å². The van der Waals surface area contributed by atoms with Gasteiger partial charge in [-0.05, 0) is 31.0 Å². The fourth-order valence-corrected chi connectivity index (χ4v) is 3.11. The molecule has 1 aromatic rings. The van der Waals surface area contributed by atoms with Crippen LogP contribution in [0.5, 0.6) is 0 Å². The van der Waals surface area contributed by atoms with Crippen LogP contribution in [0.25, 0.3) is 0 Å². The van der Waals surface area contributed by atoms with E-state index in [1.54, 1.807) is 0 Å². The topological polar surface area (TPSA) is 21.3 Å². The van der Waals surface area contributed by atoms with Crippen LogP contribution in [0, 0.1) is 5.41 Å². The number of hydrogen-bond acceptors (Lipinski definition) is 2. The van der Waals surface area contributed by atoms with E-state index >= 15 is 0 Å². The summed E-state index contributed by atoms with van der Waals surface area (Å²) < 4.78 is 6.10. The minimum Gasteiger partial charge on any atom is -0.373 e. The van der Waals surface area contributed by atoms with Gasteiger partial charge in [0.15, 0.2) is 0 Å². The molecule has 0 radical (unpaired) electrons. The van der Waals surface area contributed by atoms with E-state index in [4.69, 9.17) is 16.3 Å². The van der Waals surface area contributed by atoms with E-state index in [1.165, 1.54) is 0 Å². The summed E-state index contributed by atoms with van der Waals surface area (Å²) in [6.45, 7) is 8.36. The molecule has 1 aliphatic carbocycles. The van der Waals surface area contributed by atoms with Crippen molar-refractivity contribution in [2.75, 3.05) is 6.54 Å². The van der Waals surface area contributed by atoms with E-state index in [0.717, 1.165) is 30.0 Å². The molecule has 0 bridgehead atoms. The summed E-state index contributed by atoms with van der Waals surface area (Å²) in [6.07, 6.45) is 2.57. The molecular formula is C16H24ClNO. The Morgan fingerprint density at radius 3 is 2.74 bits per heavy atom. The lowest BCUT2D eigenvalue weighted by atomic mass is 9.61. The predicted molar refractivity (Wildman–Crippen MR) is 80.5 cm³/mol. The Morgan fingerprint density at radius 1 is 1.37 bits per heavy atom. The first kappa shape index (κ1) is 14.8. The lowest BCUT2D eigenvalue weighted by Crippen LogP contribution is -2.62. The van der Waals surface area contributed by atoms with Crippen molar-refractivity contribution in [3.05, 3.63) is 34.9 Å². The van der Waals surface area contributed by atoms with Gasteiger partial charge < -0.3 is 10.1 Å². The Hall–Kier alpha value is -0.570. The molecule has 0 saturated heterocycles. The molecule has 2 nitrogen and oxygen atoms in total. The largest absolute Gasteiger partial charge is 0.373 e. The molecule has 19 heavy (non-hydrogen) atoms. The maximum Gasteiger partial charge on any atom is 0.0735 e. The molecule has 106 valence electrons. The molecule has 0 aliphatic heterocycles. The Morgan fingerprint density at radius 2 is 2.11 bits per heavy atom. The third kappa shape index (κ3) is 2.96. The van der Waals surface area contributed by atoms with Crippen molar-refractivity contribution in [2.45, 2.75) is 52.4 Å². The molecule has 3 atom stereocenters. The highest BCUT2D eigenvalue weighted by Crippen LogP contribution is 2.46. The third-order valence-electron chi connectivity index (χ3n) is 4.59. The van der Waals surface area contributed by atoms with Crippen LogP contribution in [0.3, 0.4) is 0 Å². The summed E-state index contributed by atoms with van der Waals surface area (Å²) in [5, 5.41) is 4.35. The van der Waals surface area contributed by atoms with Crippen molar-refractivity contribution >= 4 is 11.6 Å². The Bertz CT molecular complexity index is 423. The number of rotatable bonds is 6. The summed E-state index contributed by atoms with van der Waals surface area (Å²) in [7, 11) is 0. The van der Waals surface area contributed by atoms with E-state index in [1.807, 2.05) is 24.3 Å². The van der Waals surface area contributed by atoms with Gasteiger partial charge in [-0.25, -0.2) is 0 Å². The molecule has 0 amide bonds. The first-order valence-electron chi connectivity index (χ1n) is 7.20. The fraction of sp³-hybridized carbons (Fsp3) is 0.625. The fourth-order valence-electron chi connectivity index (χ4n) is 2.92. The maximum absolute atomic E-state index is 6.16. The quantitative estimate of drug-likeness (QED) is 0.850. The average molecular weight is 282 g/mol. The smallest absolute Gasteiger partial charge is 0.0735 e. The predicted octanol–water partition coefficient (Wildman–Crippen LogP) is 4.02. The van der Waals surface area contributed by atoms with E-state index in [2.05, 4.69) is 26.1 Å². The Balaban J connectivity index is 1.92. The third-order valence-corrected chi connectivity index (χ3v) is 4.96. The molecule has 1 fully saturated rings. The van der Waals surface area contributed by atoms with E-state index in [0.29, 0.717) is 18.8 Å². The van der Waals surface area contributed by atoms with Gasteiger partial charge in [-0.1, -0.05) is 50.6 Å². The molecule has 3 unspecified atom stereocenters. The molecule has 0 spiro atoms. The molecule has 0 heterocycles. The van der Waals surface area contributed by atoms with Gasteiger partial charge in [0.25, 0.3) is 0 Å². The van der Waals surface area contributed by atoms with Gasteiger partial charge in [-0.2, -0.15) is 0 Å². The second-order valence-electron chi connectivity index (χ2n) is 5.60. The number of nitrogens with one attached hydrogen (secondary N) is 1. The van der Waals surface area contributed by atoms with Crippen LogP contribution in [0.2, 0.25) is 5.02 Å². The monoisotopic (exact) mass is 281 g/mol. The van der Waals surface area contributed by atoms with Crippen molar-refractivity contribution in [3.8, 4) is 0 Å². The van der Waals surface area contributed by atoms with Crippen LogP contribution >= 0.6 is 11.6 Å². The average Bonchev–Trinajstić information content (AvgIpc) is 2.42. The highest BCUT2D eigenvalue weighted by molar-refractivity contribution is 6.31. The van der Waals surface area contributed by atoms with E-state index in [-0.39, 0.29) is 5.41 Å². The summed E-state index contributed by atoms with van der Waals surface area (Å²) >= 11 is 6.16. The Kier molecular flexibility index (Phi) is 4.88. The Labute approximate surface area is 121 Å². The van der Waals surface area contributed by atoms with Gasteiger partial charge in [-0.15, -0.1) is 0 Å². The molecular weight excluding hydrogens is 258 g/mol. The highest BCUT2D eigenvalue weighted by Gasteiger charge is 2.50. The lowest BCUT2D eigenvalue weighted by Gasteiger charge is -2.53. The van der Waals surface area contributed by atoms with Gasteiger partial charge in [0, 0.05) is 16.5 Å².